The van der Waals surface area contributed by atoms with E-state index in [9.17, 15) is 9.18 Å². The number of ether oxygens (including phenoxy) is 1. The number of carbonyl (C=O) groups excluding carboxylic acids is 1. The predicted octanol–water partition coefficient (Wildman–Crippen LogP) is 2.58. The normalized spacial score (nSPS) is 10.2. The zero-order valence-corrected chi connectivity index (χ0v) is 10.4. The van der Waals surface area contributed by atoms with E-state index in [2.05, 4.69) is 4.98 Å². The smallest absolute Gasteiger partial charge is 0.163 e. The lowest BCUT2D eigenvalue weighted by Gasteiger charge is -2.10. The lowest BCUT2D eigenvalue weighted by Crippen LogP contribution is -2.03. The molecule has 0 amide bonds. The lowest BCUT2D eigenvalue weighted by molar-refractivity contribution is 0.101. The van der Waals surface area contributed by atoms with Crippen LogP contribution in [-0.4, -0.2) is 10.8 Å². The minimum atomic E-state index is -0.426. The minimum absolute atomic E-state index is 0.134. The molecule has 19 heavy (non-hydrogen) atoms. The Morgan fingerprint density at radius 2 is 2.16 bits per heavy atom. The second-order valence-electron chi connectivity index (χ2n) is 4.11. The third kappa shape index (κ3) is 3.28. The Bertz CT molecular complexity index is 614. The van der Waals surface area contributed by atoms with Crippen molar-refractivity contribution in [1.29, 1.82) is 0 Å². The van der Waals surface area contributed by atoms with Crippen molar-refractivity contribution in [3.05, 3.63) is 53.6 Å². The maximum Gasteiger partial charge on any atom is 0.163 e. The van der Waals surface area contributed by atoms with Crippen molar-refractivity contribution in [3.63, 3.8) is 0 Å². The number of anilines is 1. The fourth-order valence-corrected chi connectivity index (χ4v) is 1.64. The van der Waals surface area contributed by atoms with Crippen LogP contribution in [0.4, 0.5) is 10.1 Å². The van der Waals surface area contributed by atoms with Crippen molar-refractivity contribution in [3.8, 4) is 5.75 Å². The van der Waals surface area contributed by atoms with E-state index in [-0.39, 0.29) is 12.4 Å². The molecule has 0 aliphatic heterocycles. The highest BCUT2D eigenvalue weighted by molar-refractivity contribution is 5.97. The molecule has 0 bridgehead atoms. The number of nitrogens with zero attached hydrogens (tertiary/aromatic N) is 1. The fourth-order valence-electron chi connectivity index (χ4n) is 1.64. The maximum atomic E-state index is 13.0. The molecule has 0 saturated carbocycles. The van der Waals surface area contributed by atoms with Crippen LogP contribution in [0.5, 0.6) is 5.75 Å². The van der Waals surface area contributed by atoms with E-state index >= 15 is 0 Å². The Kier molecular flexibility index (Phi) is 3.75. The van der Waals surface area contributed by atoms with Gasteiger partial charge in [0.25, 0.3) is 0 Å². The van der Waals surface area contributed by atoms with Gasteiger partial charge in [-0.2, -0.15) is 0 Å². The summed E-state index contributed by atoms with van der Waals surface area (Å²) in [5.41, 5.74) is 7.11. The average molecular weight is 260 g/mol. The van der Waals surface area contributed by atoms with E-state index in [1.807, 2.05) is 0 Å². The molecule has 0 radical (unpaired) electrons. The quantitative estimate of drug-likeness (QED) is 0.677. The van der Waals surface area contributed by atoms with Crippen molar-refractivity contribution in [1.82, 2.24) is 4.98 Å². The Morgan fingerprint density at radius 1 is 1.37 bits per heavy atom. The molecule has 2 N–H and O–H groups in total. The molecule has 98 valence electrons. The number of halogens is 1. The van der Waals surface area contributed by atoms with Crippen LogP contribution in [0.15, 0.2) is 36.7 Å². The third-order valence-electron chi connectivity index (χ3n) is 2.54. The second-order valence-corrected chi connectivity index (χ2v) is 4.11. The van der Waals surface area contributed by atoms with Crippen LogP contribution in [-0.2, 0) is 6.61 Å². The first kappa shape index (κ1) is 13.0. The maximum absolute atomic E-state index is 13.0. The number of aromatic nitrogens is 1. The summed E-state index contributed by atoms with van der Waals surface area (Å²) in [7, 11) is 0. The molecule has 5 heteroatoms. The Hall–Kier alpha value is -2.43. The number of ketones is 1. The number of nitrogen functional groups attached to an aromatic ring is 1. The lowest BCUT2D eigenvalue weighted by atomic mass is 10.1. The van der Waals surface area contributed by atoms with Gasteiger partial charge < -0.3 is 10.5 Å². The molecule has 2 rings (SSSR count). The first-order valence-corrected chi connectivity index (χ1v) is 5.69. The summed E-state index contributed by atoms with van der Waals surface area (Å²) < 4.78 is 18.5. The monoisotopic (exact) mass is 260 g/mol. The van der Waals surface area contributed by atoms with Crippen molar-refractivity contribution < 1.29 is 13.9 Å². The standard InChI is InChI=1S/C14H13FN2O2/c1-9(18)13-5-12(16)2-3-14(13)19-8-10-4-11(15)7-17-6-10/h2-7H,8,16H2,1H3. The molecule has 1 heterocycles. The van der Waals surface area contributed by atoms with E-state index in [0.29, 0.717) is 22.6 Å². The van der Waals surface area contributed by atoms with Gasteiger partial charge in [0, 0.05) is 17.4 Å². The highest BCUT2D eigenvalue weighted by Crippen LogP contribution is 2.23. The third-order valence-corrected chi connectivity index (χ3v) is 2.54. The zero-order valence-electron chi connectivity index (χ0n) is 10.4. The largest absolute Gasteiger partial charge is 0.488 e. The zero-order chi connectivity index (χ0) is 13.8. The van der Waals surface area contributed by atoms with Gasteiger partial charge in [-0.25, -0.2) is 4.39 Å². The van der Waals surface area contributed by atoms with Gasteiger partial charge in [-0.3, -0.25) is 9.78 Å². The van der Waals surface area contributed by atoms with Crippen LogP contribution in [0.1, 0.15) is 22.8 Å². The average Bonchev–Trinajstić information content (AvgIpc) is 2.37. The number of nitrogens with two attached hydrogens (primary N) is 1. The van der Waals surface area contributed by atoms with E-state index in [0.717, 1.165) is 6.20 Å². The number of hydrogen-bond donors (Lipinski definition) is 1. The first-order chi connectivity index (χ1) is 9.06. The molecule has 4 nitrogen and oxygen atoms in total. The molecule has 0 saturated heterocycles. The Morgan fingerprint density at radius 3 is 2.84 bits per heavy atom. The van der Waals surface area contributed by atoms with Gasteiger partial charge >= 0.3 is 0 Å². The van der Waals surface area contributed by atoms with Crippen molar-refractivity contribution >= 4 is 11.5 Å². The van der Waals surface area contributed by atoms with E-state index in [1.54, 1.807) is 18.2 Å². The molecule has 0 atom stereocenters. The van der Waals surface area contributed by atoms with Gasteiger partial charge in [-0.1, -0.05) is 0 Å². The summed E-state index contributed by atoms with van der Waals surface area (Å²) in [5.74, 6) is -0.143. The van der Waals surface area contributed by atoms with Gasteiger partial charge in [-0.05, 0) is 31.2 Å². The van der Waals surface area contributed by atoms with Gasteiger partial charge in [0.15, 0.2) is 5.78 Å². The number of benzene rings is 1. The highest BCUT2D eigenvalue weighted by Gasteiger charge is 2.09. The molecule has 1 aromatic carbocycles. The summed E-state index contributed by atoms with van der Waals surface area (Å²) >= 11 is 0. The van der Waals surface area contributed by atoms with Crippen LogP contribution in [0, 0.1) is 5.82 Å². The Labute approximate surface area is 110 Å². The van der Waals surface area contributed by atoms with Crippen molar-refractivity contribution in [2.75, 3.05) is 5.73 Å². The summed E-state index contributed by atoms with van der Waals surface area (Å²) in [4.78, 5) is 15.2. The van der Waals surface area contributed by atoms with Gasteiger partial charge in [0.05, 0.1) is 11.8 Å². The number of Topliss-reactive ketones (excluding diaryl/α,β-unsaturated/α-hetero) is 1. The summed E-state index contributed by atoms with van der Waals surface area (Å²) in [6.07, 6.45) is 2.63. The summed E-state index contributed by atoms with van der Waals surface area (Å²) in [6.45, 7) is 1.57. The van der Waals surface area contributed by atoms with Crippen LogP contribution in [0.2, 0.25) is 0 Å². The SMILES string of the molecule is CC(=O)c1cc(N)ccc1OCc1cncc(F)c1. The molecule has 1 aromatic heterocycles. The fraction of sp³-hybridized carbons (Fsp3) is 0.143. The molecule has 2 aromatic rings. The second kappa shape index (κ2) is 5.48. The van der Waals surface area contributed by atoms with Gasteiger partial charge in [-0.15, -0.1) is 0 Å². The van der Waals surface area contributed by atoms with Crippen molar-refractivity contribution in [2.45, 2.75) is 13.5 Å². The number of hydrogen-bond acceptors (Lipinski definition) is 4. The van der Waals surface area contributed by atoms with Crippen LogP contribution in [0.25, 0.3) is 0 Å². The molecular formula is C14H13FN2O2. The van der Waals surface area contributed by atoms with Crippen LogP contribution in [0.3, 0.4) is 0 Å². The molecule has 0 unspecified atom stereocenters. The molecular weight excluding hydrogens is 247 g/mol. The first-order valence-electron chi connectivity index (χ1n) is 5.69. The molecule has 0 aliphatic carbocycles. The molecule has 0 fully saturated rings. The van der Waals surface area contributed by atoms with E-state index in [1.165, 1.54) is 19.2 Å². The van der Waals surface area contributed by atoms with Gasteiger partial charge in [0.2, 0.25) is 0 Å². The van der Waals surface area contributed by atoms with Gasteiger partial charge in [0.1, 0.15) is 18.2 Å². The predicted molar refractivity (Wildman–Crippen MR) is 69.4 cm³/mol. The van der Waals surface area contributed by atoms with E-state index in [4.69, 9.17) is 10.5 Å². The molecule has 0 aliphatic rings. The topological polar surface area (TPSA) is 65.2 Å². The summed E-state index contributed by atoms with van der Waals surface area (Å²) in [5, 5.41) is 0. The van der Waals surface area contributed by atoms with Crippen LogP contribution >= 0.6 is 0 Å². The van der Waals surface area contributed by atoms with Crippen LogP contribution < -0.4 is 10.5 Å². The number of carbonyl (C=O) groups is 1. The highest BCUT2D eigenvalue weighted by atomic mass is 19.1. The summed E-state index contributed by atoms with van der Waals surface area (Å²) in [6, 6.07) is 6.16. The molecule has 0 spiro atoms. The van der Waals surface area contributed by atoms with E-state index < -0.39 is 5.82 Å². The Balaban J connectivity index is 2.17. The minimum Gasteiger partial charge on any atom is -0.488 e. The number of pyridine rings is 1. The number of rotatable bonds is 4. The van der Waals surface area contributed by atoms with Crippen molar-refractivity contribution in [2.24, 2.45) is 0 Å².